The van der Waals surface area contributed by atoms with Gasteiger partial charge in [0, 0.05) is 13.1 Å². The first-order valence-electron chi connectivity index (χ1n) is 9.31. The molecule has 3 rings (SSSR count). The molecular formula is C20H29N3O3. The molecule has 1 fully saturated rings. The maximum atomic E-state index is 12.8. The Labute approximate surface area is 155 Å². The monoisotopic (exact) mass is 359 g/mol. The molecule has 2 aliphatic rings. The summed E-state index contributed by atoms with van der Waals surface area (Å²) in [5.41, 5.74) is 1.80. The van der Waals surface area contributed by atoms with Crippen LogP contribution in [0.2, 0.25) is 0 Å². The molecule has 142 valence electrons. The molecule has 26 heavy (non-hydrogen) atoms. The van der Waals surface area contributed by atoms with Gasteiger partial charge in [-0.3, -0.25) is 4.79 Å². The van der Waals surface area contributed by atoms with Crippen LogP contribution in [-0.4, -0.2) is 41.1 Å². The number of piperidine rings is 1. The third-order valence-corrected chi connectivity index (χ3v) is 5.04. The van der Waals surface area contributed by atoms with Crippen LogP contribution in [0.5, 0.6) is 0 Å². The van der Waals surface area contributed by atoms with Crippen LogP contribution in [-0.2, 0) is 9.53 Å². The summed E-state index contributed by atoms with van der Waals surface area (Å²) >= 11 is 0. The Hall–Kier alpha value is -2.24. The average molecular weight is 359 g/mol. The minimum atomic E-state index is -0.662. The van der Waals surface area contributed by atoms with Gasteiger partial charge in [-0.25, -0.2) is 4.79 Å². The van der Waals surface area contributed by atoms with Crippen molar-refractivity contribution in [2.75, 3.05) is 23.7 Å². The molecule has 2 N–H and O–H groups in total. The van der Waals surface area contributed by atoms with E-state index in [0.29, 0.717) is 31.8 Å². The number of nitrogens with zero attached hydrogens (tertiary/aromatic N) is 1. The summed E-state index contributed by atoms with van der Waals surface area (Å²) in [4.78, 5) is 26.7. The van der Waals surface area contributed by atoms with Gasteiger partial charge in [-0.15, -0.1) is 0 Å². The average Bonchev–Trinajstić information content (AvgIpc) is 2.54. The molecule has 6 heteroatoms. The molecule has 1 saturated heterocycles. The number of likely N-dealkylation sites (tertiary alicyclic amines) is 1. The minimum Gasteiger partial charge on any atom is -0.444 e. The van der Waals surface area contributed by atoms with Crippen molar-refractivity contribution in [2.45, 2.75) is 64.5 Å². The first-order chi connectivity index (χ1) is 12.1. The maximum absolute atomic E-state index is 12.8. The molecule has 0 bridgehead atoms. The lowest BCUT2D eigenvalue weighted by Gasteiger charge is -2.44. The molecule has 1 aromatic rings. The van der Waals surface area contributed by atoms with Gasteiger partial charge in [-0.1, -0.05) is 19.9 Å². The number of benzene rings is 1. The number of hydrogen-bond acceptors (Lipinski definition) is 4. The van der Waals surface area contributed by atoms with E-state index in [1.54, 1.807) is 4.90 Å². The molecule has 2 amide bonds. The number of anilines is 2. The lowest BCUT2D eigenvalue weighted by molar-refractivity contribution is -0.122. The molecule has 6 nitrogen and oxygen atoms in total. The molecule has 0 aliphatic carbocycles. The van der Waals surface area contributed by atoms with E-state index in [1.807, 2.05) is 32.9 Å². The minimum absolute atomic E-state index is 0.0188. The molecule has 0 radical (unpaired) electrons. The van der Waals surface area contributed by atoms with Crippen LogP contribution < -0.4 is 10.6 Å². The SMILES string of the molecule is CC(C)c1ccc2c(c1)NC(=O)C1(CCN(C(=O)OC(C)(C)C)CC1)N2. The van der Waals surface area contributed by atoms with Gasteiger partial charge < -0.3 is 20.3 Å². The van der Waals surface area contributed by atoms with Crippen molar-refractivity contribution in [1.29, 1.82) is 0 Å². The van der Waals surface area contributed by atoms with Gasteiger partial charge in [0.05, 0.1) is 11.4 Å². The van der Waals surface area contributed by atoms with Crippen molar-refractivity contribution < 1.29 is 14.3 Å². The van der Waals surface area contributed by atoms with Gasteiger partial charge in [0.25, 0.3) is 0 Å². The van der Waals surface area contributed by atoms with E-state index < -0.39 is 11.1 Å². The van der Waals surface area contributed by atoms with Crippen LogP contribution in [0.1, 0.15) is 58.9 Å². The van der Waals surface area contributed by atoms with Gasteiger partial charge in [0.15, 0.2) is 0 Å². The second kappa shape index (κ2) is 6.49. The Kier molecular flexibility index (Phi) is 4.63. The van der Waals surface area contributed by atoms with E-state index in [0.717, 1.165) is 11.4 Å². The molecule has 2 heterocycles. The summed E-state index contributed by atoms with van der Waals surface area (Å²) in [5.74, 6) is 0.389. The second-order valence-electron chi connectivity index (χ2n) is 8.59. The predicted octanol–water partition coefficient (Wildman–Crippen LogP) is 3.94. The predicted molar refractivity (Wildman–Crippen MR) is 103 cm³/mol. The number of hydrogen-bond donors (Lipinski definition) is 2. The van der Waals surface area contributed by atoms with Crippen LogP contribution in [0.3, 0.4) is 0 Å². The number of fused-ring (bicyclic) bond motifs is 1. The summed E-state index contributed by atoms with van der Waals surface area (Å²) < 4.78 is 5.44. The Bertz CT molecular complexity index is 714. The Morgan fingerprint density at radius 1 is 1.19 bits per heavy atom. The molecule has 0 saturated carbocycles. The standard InChI is InChI=1S/C20H29N3O3/c1-13(2)14-6-7-15-16(12-14)21-17(24)20(22-15)8-10-23(11-9-20)18(25)26-19(3,4)5/h6-7,12-13,22H,8-11H2,1-5H3,(H,21,24). The smallest absolute Gasteiger partial charge is 0.410 e. The Morgan fingerprint density at radius 3 is 2.42 bits per heavy atom. The van der Waals surface area contributed by atoms with Crippen molar-refractivity contribution in [3.8, 4) is 0 Å². The van der Waals surface area contributed by atoms with Crippen molar-refractivity contribution in [2.24, 2.45) is 0 Å². The normalized spacial score (nSPS) is 19.0. The number of ether oxygens (including phenoxy) is 1. The highest BCUT2D eigenvalue weighted by molar-refractivity contribution is 6.06. The number of nitrogens with one attached hydrogen (secondary N) is 2. The van der Waals surface area contributed by atoms with Crippen LogP contribution in [0.25, 0.3) is 0 Å². The molecule has 0 atom stereocenters. The van der Waals surface area contributed by atoms with Gasteiger partial charge in [0.2, 0.25) is 5.91 Å². The zero-order valence-electron chi connectivity index (χ0n) is 16.3. The molecule has 1 aromatic carbocycles. The molecule has 0 unspecified atom stereocenters. The summed E-state index contributed by atoms with van der Waals surface area (Å²) in [5, 5.41) is 6.51. The molecule has 2 aliphatic heterocycles. The maximum Gasteiger partial charge on any atom is 0.410 e. The quantitative estimate of drug-likeness (QED) is 0.797. The van der Waals surface area contributed by atoms with E-state index in [2.05, 4.69) is 30.5 Å². The zero-order valence-corrected chi connectivity index (χ0v) is 16.3. The van der Waals surface area contributed by atoms with E-state index in [4.69, 9.17) is 4.74 Å². The van der Waals surface area contributed by atoms with E-state index in [1.165, 1.54) is 5.56 Å². The van der Waals surface area contributed by atoms with E-state index in [-0.39, 0.29) is 12.0 Å². The van der Waals surface area contributed by atoms with E-state index in [9.17, 15) is 9.59 Å². The van der Waals surface area contributed by atoms with Crippen LogP contribution >= 0.6 is 0 Å². The highest BCUT2D eigenvalue weighted by atomic mass is 16.6. The van der Waals surface area contributed by atoms with Crippen LogP contribution in [0.4, 0.5) is 16.2 Å². The van der Waals surface area contributed by atoms with Gasteiger partial charge in [-0.2, -0.15) is 0 Å². The van der Waals surface area contributed by atoms with Crippen molar-refractivity contribution in [3.05, 3.63) is 23.8 Å². The van der Waals surface area contributed by atoms with Crippen molar-refractivity contribution in [1.82, 2.24) is 4.90 Å². The fourth-order valence-corrected chi connectivity index (χ4v) is 3.44. The summed E-state index contributed by atoms with van der Waals surface area (Å²) in [6.07, 6.45) is 0.804. The number of carbonyl (C=O) groups is 2. The zero-order chi connectivity index (χ0) is 19.1. The number of amides is 2. The summed E-state index contributed by atoms with van der Waals surface area (Å²) in [6.45, 7) is 10.8. The largest absolute Gasteiger partial charge is 0.444 e. The first-order valence-corrected chi connectivity index (χ1v) is 9.31. The molecular weight excluding hydrogens is 330 g/mol. The van der Waals surface area contributed by atoms with Crippen molar-refractivity contribution >= 4 is 23.4 Å². The van der Waals surface area contributed by atoms with Gasteiger partial charge in [0.1, 0.15) is 11.1 Å². The van der Waals surface area contributed by atoms with Gasteiger partial charge in [-0.05, 0) is 57.2 Å². The van der Waals surface area contributed by atoms with Crippen LogP contribution in [0, 0.1) is 0 Å². The highest BCUT2D eigenvalue weighted by Gasteiger charge is 2.45. The van der Waals surface area contributed by atoms with Crippen molar-refractivity contribution in [3.63, 3.8) is 0 Å². The number of rotatable bonds is 1. The van der Waals surface area contributed by atoms with Gasteiger partial charge >= 0.3 is 6.09 Å². The molecule has 0 aromatic heterocycles. The van der Waals surface area contributed by atoms with Crippen LogP contribution in [0.15, 0.2) is 18.2 Å². The second-order valence-corrected chi connectivity index (χ2v) is 8.59. The third kappa shape index (κ3) is 3.64. The number of carbonyl (C=O) groups excluding carboxylic acids is 2. The Morgan fingerprint density at radius 2 is 1.85 bits per heavy atom. The lowest BCUT2D eigenvalue weighted by atomic mass is 9.84. The topological polar surface area (TPSA) is 70.7 Å². The Balaban J connectivity index is 1.71. The third-order valence-electron chi connectivity index (χ3n) is 5.04. The highest BCUT2D eigenvalue weighted by Crippen LogP contribution is 2.38. The first kappa shape index (κ1) is 18.5. The fraction of sp³-hybridized carbons (Fsp3) is 0.600. The summed E-state index contributed by atoms with van der Waals surface area (Å²) in [7, 11) is 0. The molecule has 1 spiro atoms. The fourth-order valence-electron chi connectivity index (χ4n) is 3.44. The van der Waals surface area contributed by atoms with E-state index >= 15 is 0 Å². The summed E-state index contributed by atoms with van der Waals surface area (Å²) in [6, 6.07) is 6.16. The lowest BCUT2D eigenvalue weighted by Crippen LogP contribution is -2.59.